The number of nitrogens with one attached hydrogen (secondary N) is 2. The van der Waals surface area contributed by atoms with Gasteiger partial charge in [-0.05, 0) is 48.4 Å². The zero-order valence-corrected chi connectivity index (χ0v) is 22.4. The fourth-order valence-corrected chi connectivity index (χ4v) is 4.72. The van der Waals surface area contributed by atoms with Gasteiger partial charge in [-0.1, -0.05) is 62.7 Å². The molecule has 0 bridgehead atoms. The Morgan fingerprint density at radius 1 is 0.974 bits per heavy atom. The van der Waals surface area contributed by atoms with E-state index in [1.165, 1.54) is 17.0 Å². The van der Waals surface area contributed by atoms with E-state index in [-0.39, 0.29) is 24.5 Å². The van der Waals surface area contributed by atoms with Gasteiger partial charge in [0.25, 0.3) is 0 Å². The van der Waals surface area contributed by atoms with Crippen LogP contribution >= 0.6 is 0 Å². The summed E-state index contributed by atoms with van der Waals surface area (Å²) in [5, 5.41) is 24.6. The highest BCUT2D eigenvalue weighted by Gasteiger charge is 2.40. The summed E-state index contributed by atoms with van der Waals surface area (Å²) in [6.45, 7) is 4.03. The molecule has 2 aromatic carbocycles. The quantitative estimate of drug-likeness (QED) is 0.274. The van der Waals surface area contributed by atoms with E-state index in [0.717, 1.165) is 11.1 Å². The van der Waals surface area contributed by atoms with E-state index in [1.807, 2.05) is 44.2 Å². The van der Waals surface area contributed by atoms with Crippen LogP contribution in [0.5, 0.6) is 5.75 Å². The third-order valence-electron chi connectivity index (χ3n) is 7.24. The molecule has 1 heterocycles. The number of carboxylic acid groups (broad SMARTS) is 1. The smallest absolute Gasteiger partial charge is 0.326 e. The van der Waals surface area contributed by atoms with E-state index >= 15 is 0 Å². The van der Waals surface area contributed by atoms with Crippen molar-refractivity contribution >= 4 is 23.7 Å². The van der Waals surface area contributed by atoms with Crippen LogP contribution in [0.25, 0.3) is 0 Å². The molecule has 0 radical (unpaired) electrons. The number of carboxylic acids is 1. The first-order chi connectivity index (χ1) is 18.6. The van der Waals surface area contributed by atoms with Crippen LogP contribution in [0, 0.1) is 5.92 Å². The first-order valence-electron chi connectivity index (χ1n) is 13.3. The van der Waals surface area contributed by atoms with E-state index in [9.17, 15) is 29.4 Å². The lowest BCUT2D eigenvalue weighted by molar-refractivity contribution is -0.150. The summed E-state index contributed by atoms with van der Waals surface area (Å²) < 4.78 is 0. The summed E-state index contributed by atoms with van der Waals surface area (Å²) in [4.78, 5) is 53.1. The summed E-state index contributed by atoms with van der Waals surface area (Å²) in [5.74, 6) is -2.74. The second kappa shape index (κ2) is 13.7. The fraction of sp³-hybridized carbons (Fsp3) is 0.448. The van der Waals surface area contributed by atoms with Gasteiger partial charge in [-0.15, -0.1) is 0 Å². The molecule has 0 aliphatic carbocycles. The van der Waals surface area contributed by atoms with Crippen LogP contribution in [0.4, 0.5) is 0 Å². The maximum atomic E-state index is 13.6. The topological polar surface area (TPSA) is 162 Å². The zero-order valence-electron chi connectivity index (χ0n) is 22.4. The largest absolute Gasteiger partial charge is 0.508 e. The molecule has 3 amide bonds. The molecule has 1 aliphatic rings. The normalized spacial score (nSPS) is 18.0. The Bertz CT molecular complexity index is 1140. The van der Waals surface area contributed by atoms with E-state index in [2.05, 4.69) is 10.6 Å². The highest BCUT2D eigenvalue weighted by atomic mass is 16.4. The zero-order chi connectivity index (χ0) is 28.5. The second-order valence-electron chi connectivity index (χ2n) is 10.1. The Morgan fingerprint density at radius 3 is 2.23 bits per heavy atom. The van der Waals surface area contributed by atoms with Crippen LogP contribution < -0.4 is 16.4 Å². The molecule has 6 N–H and O–H groups in total. The molecule has 0 saturated carbocycles. The van der Waals surface area contributed by atoms with Gasteiger partial charge in [0.1, 0.15) is 23.9 Å². The Kier molecular flexibility index (Phi) is 10.4. The fourth-order valence-electron chi connectivity index (χ4n) is 4.72. The lowest BCUT2D eigenvalue weighted by Gasteiger charge is -2.31. The molecule has 1 fully saturated rings. The van der Waals surface area contributed by atoms with Crippen LogP contribution in [-0.4, -0.2) is 69.5 Å². The van der Waals surface area contributed by atoms with Crippen LogP contribution in [0.1, 0.15) is 44.2 Å². The lowest BCUT2D eigenvalue weighted by Crippen LogP contribution is -2.59. The number of nitrogens with two attached hydrogens (primary N) is 1. The number of aliphatic carboxylic acids is 1. The summed E-state index contributed by atoms with van der Waals surface area (Å²) in [6.07, 6.45) is 1.90. The van der Waals surface area contributed by atoms with Crippen molar-refractivity contribution < 1.29 is 29.4 Å². The average Bonchev–Trinajstić information content (AvgIpc) is 3.43. The minimum atomic E-state index is -1.06. The molecular weight excluding hydrogens is 500 g/mol. The van der Waals surface area contributed by atoms with Crippen molar-refractivity contribution in [2.75, 3.05) is 6.54 Å². The Balaban J connectivity index is 1.78. The van der Waals surface area contributed by atoms with E-state index in [1.54, 1.807) is 12.1 Å². The number of benzene rings is 2. The standard InChI is InChI=1S/C29H38N4O6/c1-3-18(2)25(28(37)33-15-7-10-24(33)29(38)39)32-27(36)23(17-19-8-5-4-6-9-19)31-26(35)22(30)16-20-11-13-21(34)14-12-20/h4-6,8-9,11-14,18,22-25,34H,3,7,10,15-17,30H2,1-2H3,(H,31,35)(H,32,36)(H,38,39). The number of aromatic hydroxyl groups is 1. The number of phenols is 1. The van der Waals surface area contributed by atoms with Gasteiger partial charge in [0.05, 0.1) is 6.04 Å². The minimum absolute atomic E-state index is 0.102. The SMILES string of the molecule is CCC(C)C(NC(=O)C(Cc1ccccc1)NC(=O)C(N)Cc1ccc(O)cc1)C(=O)N1CCCC1C(=O)O. The highest BCUT2D eigenvalue weighted by molar-refractivity contribution is 5.94. The van der Waals surface area contributed by atoms with E-state index in [4.69, 9.17) is 5.73 Å². The van der Waals surface area contributed by atoms with E-state index < -0.39 is 47.9 Å². The van der Waals surface area contributed by atoms with Gasteiger partial charge in [0.15, 0.2) is 0 Å². The molecule has 210 valence electrons. The molecule has 1 saturated heterocycles. The van der Waals surface area contributed by atoms with E-state index in [0.29, 0.717) is 25.8 Å². The van der Waals surface area contributed by atoms with Gasteiger partial charge in [-0.25, -0.2) is 4.79 Å². The summed E-state index contributed by atoms with van der Waals surface area (Å²) in [7, 11) is 0. The first kappa shape index (κ1) is 29.6. The maximum absolute atomic E-state index is 13.6. The molecule has 0 aromatic heterocycles. The number of phenolic OH excluding ortho intramolecular Hbond substituents is 1. The third-order valence-corrected chi connectivity index (χ3v) is 7.24. The van der Waals surface area contributed by atoms with Crippen molar-refractivity contribution in [1.82, 2.24) is 15.5 Å². The summed E-state index contributed by atoms with van der Waals surface area (Å²) >= 11 is 0. The number of likely N-dealkylation sites (tertiary alicyclic amines) is 1. The van der Waals surface area contributed by atoms with Gasteiger partial charge < -0.3 is 31.5 Å². The van der Waals surface area contributed by atoms with Crippen molar-refractivity contribution in [3.63, 3.8) is 0 Å². The molecule has 39 heavy (non-hydrogen) atoms. The van der Waals surface area contributed by atoms with Crippen molar-refractivity contribution in [3.05, 3.63) is 65.7 Å². The second-order valence-corrected chi connectivity index (χ2v) is 10.1. The molecule has 10 nitrogen and oxygen atoms in total. The number of carbonyl (C=O) groups is 4. The van der Waals surface area contributed by atoms with Crippen molar-refractivity contribution in [2.45, 2.75) is 70.1 Å². The Morgan fingerprint density at radius 2 is 1.62 bits per heavy atom. The van der Waals surface area contributed by atoms with Crippen LogP contribution in [0.15, 0.2) is 54.6 Å². The Labute approximate surface area is 228 Å². The number of hydrogen-bond acceptors (Lipinski definition) is 6. The molecule has 5 atom stereocenters. The average molecular weight is 539 g/mol. The molecular formula is C29H38N4O6. The van der Waals surface area contributed by atoms with Gasteiger partial charge >= 0.3 is 5.97 Å². The number of carbonyl (C=O) groups excluding carboxylic acids is 3. The Hall–Kier alpha value is -3.92. The number of rotatable bonds is 12. The van der Waals surface area contributed by atoms with Crippen LogP contribution in [0.3, 0.4) is 0 Å². The minimum Gasteiger partial charge on any atom is -0.508 e. The predicted octanol–water partition coefficient (Wildman–Crippen LogP) is 1.60. The number of nitrogens with zero attached hydrogens (tertiary/aromatic N) is 1. The number of hydrogen-bond donors (Lipinski definition) is 5. The van der Waals surface area contributed by atoms with Crippen molar-refractivity contribution in [3.8, 4) is 5.75 Å². The van der Waals surface area contributed by atoms with Gasteiger partial charge in [0, 0.05) is 13.0 Å². The first-order valence-corrected chi connectivity index (χ1v) is 13.3. The van der Waals surface area contributed by atoms with Crippen LogP contribution in [-0.2, 0) is 32.0 Å². The van der Waals surface area contributed by atoms with Crippen LogP contribution in [0.2, 0.25) is 0 Å². The number of amides is 3. The molecule has 2 aromatic rings. The lowest BCUT2D eigenvalue weighted by atomic mass is 9.96. The third kappa shape index (κ3) is 8.03. The molecule has 10 heteroatoms. The van der Waals surface area contributed by atoms with Crippen molar-refractivity contribution in [2.24, 2.45) is 11.7 Å². The maximum Gasteiger partial charge on any atom is 0.326 e. The monoisotopic (exact) mass is 538 g/mol. The molecule has 3 rings (SSSR count). The summed E-state index contributed by atoms with van der Waals surface area (Å²) in [5.41, 5.74) is 7.71. The predicted molar refractivity (Wildman–Crippen MR) is 146 cm³/mol. The molecule has 5 unspecified atom stereocenters. The van der Waals surface area contributed by atoms with Gasteiger partial charge in [0.2, 0.25) is 17.7 Å². The van der Waals surface area contributed by atoms with Gasteiger partial charge in [-0.2, -0.15) is 0 Å². The highest BCUT2D eigenvalue weighted by Crippen LogP contribution is 2.21. The molecule has 0 spiro atoms. The molecule has 1 aliphatic heterocycles. The van der Waals surface area contributed by atoms with Gasteiger partial charge in [-0.3, -0.25) is 14.4 Å². The summed E-state index contributed by atoms with van der Waals surface area (Å²) in [6, 6.07) is 11.7. The van der Waals surface area contributed by atoms with Crippen molar-refractivity contribution in [1.29, 1.82) is 0 Å².